The molecule has 0 spiro atoms. The number of hydrogen-bond donors (Lipinski definition) is 3. The molecule has 2 atom stereocenters. The predicted molar refractivity (Wildman–Crippen MR) is 43.6 cm³/mol. The van der Waals surface area contributed by atoms with E-state index in [0.717, 1.165) is 0 Å². The van der Waals surface area contributed by atoms with E-state index >= 15 is 0 Å². The fraction of sp³-hybridized carbons (Fsp3) is 0.500. The van der Waals surface area contributed by atoms with Gasteiger partial charge in [0, 0.05) is 0 Å². The van der Waals surface area contributed by atoms with Crippen LogP contribution in [-0.4, -0.2) is 29.9 Å². The number of nitrogens with two attached hydrogens (primary N) is 1. The minimum atomic E-state index is -0.893. The molecular formula is C6H9N5O. The largest absolute Gasteiger partial charge is 0.333 e. The van der Waals surface area contributed by atoms with Gasteiger partial charge < -0.3 is 10.6 Å². The SMILES string of the molecule is CC12N=CNC1=NC(N)NC2=O. The predicted octanol–water partition coefficient (Wildman–Crippen LogP) is -1.85. The number of amides is 1. The molecule has 2 heterocycles. The molecule has 4 N–H and O–H groups in total. The highest BCUT2D eigenvalue weighted by molar-refractivity contribution is 6.19. The van der Waals surface area contributed by atoms with Crippen LogP contribution in [0.3, 0.4) is 0 Å². The van der Waals surface area contributed by atoms with Crippen LogP contribution in [0.5, 0.6) is 0 Å². The summed E-state index contributed by atoms with van der Waals surface area (Å²) in [5, 5.41) is 5.27. The molecule has 12 heavy (non-hydrogen) atoms. The second-order valence-corrected chi connectivity index (χ2v) is 2.87. The summed E-state index contributed by atoms with van der Waals surface area (Å²) in [5.74, 6) is 0.292. The van der Waals surface area contributed by atoms with Gasteiger partial charge >= 0.3 is 0 Å². The van der Waals surface area contributed by atoms with Crippen LogP contribution in [0.2, 0.25) is 0 Å². The topological polar surface area (TPSA) is 91.9 Å². The first-order valence-electron chi connectivity index (χ1n) is 3.58. The standard InChI is InChI=1S/C6H9N5O/c1-6-3(8-2-9-6)10-5(7)11-4(6)12/h2,5H,7H2,1H3,(H,11,12)(H,8,9,10). The van der Waals surface area contributed by atoms with Crippen molar-refractivity contribution in [3.8, 4) is 0 Å². The van der Waals surface area contributed by atoms with Crippen molar-refractivity contribution in [3.05, 3.63) is 0 Å². The smallest absolute Gasteiger partial charge is 0.258 e. The number of fused-ring (bicyclic) bond motifs is 1. The molecular weight excluding hydrogens is 158 g/mol. The Morgan fingerprint density at radius 3 is 3.25 bits per heavy atom. The van der Waals surface area contributed by atoms with Crippen LogP contribution in [0.1, 0.15) is 6.92 Å². The van der Waals surface area contributed by atoms with Gasteiger partial charge in [0.15, 0.2) is 11.8 Å². The van der Waals surface area contributed by atoms with Crippen LogP contribution in [-0.2, 0) is 4.79 Å². The van der Waals surface area contributed by atoms with Crippen LogP contribution < -0.4 is 16.4 Å². The Balaban J connectivity index is 2.45. The summed E-state index contributed by atoms with van der Waals surface area (Å²) in [4.78, 5) is 19.3. The number of rotatable bonds is 0. The Labute approximate surface area is 68.9 Å². The molecule has 6 nitrogen and oxygen atoms in total. The normalized spacial score (nSPS) is 38.3. The zero-order valence-corrected chi connectivity index (χ0v) is 6.53. The number of aliphatic imine (C=N–C) groups is 2. The quantitative estimate of drug-likeness (QED) is 0.395. The highest BCUT2D eigenvalue weighted by atomic mass is 16.2. The minimum Gasteiger partial charge on any atom is -0.333 e. The third kappa shape index (κ3) is 0.751. The Kier molecular flexibility index (Phi) is 1.23. The molecule has 0 bridgehead atoms. The molecule has 0 saturated heterocycles. The lowest BCUT2D eigenvalue weighted by Crippen LogP contribution is -2.59. The molecule has 0 radical (unpaired) electrons. The zero-order valence-electron chi connectivity index (χ0n) is 6.53. The van der Waals surface area contributed by atoms with Crippen molar-refractivity contribution in [3.63, 3.8) is 0 Å². The summed E-state index contributed by atoms with van der Waals surface area (Å²) in [6.07, 6.45) is 0.797. The van der Waals surface area contributed by atoms with Crippen LogP contribution in [0, 0.1) is 0 Å². The summed E-state index contributed by atoms with van der Waals surface area (Å²) >= 11 is 0. The van der Waals surface area contributed by atoms with Crippen molar-refractivity contribution in [2.75, 3.05) is 0 Å². The average Bonchev–Trinajstić information content (AvgIpc) is 2.33. The molecule has 1 amide bonds. The molecule has 0 aromatic heterocycles. The first-order valence-corrected chi connectivity index (χ1v) is 3.58. The van der Waals surface area contributed by atoms with Crippen molar-refractivity contribution >= 4 is 18.1 Å². The van der Waals surface area contributed by atoms with E-state index < -0.39 is 11.8 Å². The van der Waals surface area contributed by atoms with Gasteiger partial charge in [-0.25, -0.2) is 4.99 Å². The first kappa shape index (κ1) is 7.23. The molecule has 0 fully saturated rings. The number of carbonyl (C=O) groups is 1. The summed E-state index contributed by atoms with van der Waals surface area (Å²) in [6.45, 7) is 1.68. The molecule has 0 saturated carbocycles. The number of hydrogen-bond acceptors (Lipinski definition) is 5. The molecule has 64 valence electrons. The van der Waals surface area contributed by atoms with E-state index in [4.69, 9.17) is 5.73 Å². The van der Waals surface area contributed by atoms with Gasteiger partial charge in [-0.2, -0.15) is 0 Å². The van der Waals surface area contributed by atoms with Gasteiger partial charge in [0.1, 0.15) is 5.84 Å². The van der Waals surface area contributed by atoms with Crippen molar-refractivity contribution in [1.82, 2.24) is 10.6 Å². The Bertz CT molecular complexity index is 296. The van der Waals surface area contributed by atoms with Crippen LogP contribution in [0.25, 0.3) is 0 Å². The molecule has 2 aliphatic heterocycles. The zero-order chi connectivity index (χ0) is 8.77. The molecule has 2 rings (SSSR count). The van der Waals surface area contributed by atoms with E-state index in [1.165, 1.54) is 6.34 Å². The van der Waals surface area contributed by atoms with Gasteiger partial charge in [0.25, 0.3) is 5.91 Å². The summed E-state index contributed by atoms with van der Waals surface area (Å²) in [6, 6.07) is 0. The molecule has 0 aromatic carbocycles. The highest BCUT2D eigenvalue weighted by Crippen LogP contribution is 2.18. The van der Waals surface area contributed by atoms with Gasteiger partial charge in [-0.05, 0) is 6.92 Å². The third-order valence-corrected chi connectivity index (χ3v) is 1.97. The second kappa shape index (κ2) is 2.04. The van der Waals surface area contributed by atoms with Crippen molar-refractivity contribution in [1.29, 1.82) is 0 Å². The van der Waals surface area contributed by atoms with Gasteiger partial charge in [-0.1, -0.05) is 0 Å². The lowest BCUT2D eigenvalue weighted by Gasteiger charge is -2.27. The lowest BCUT2D eigenvalue weighted by atomic mass is 10.0. The van der Waals surface area contributed by atoms with Gasteiger partial charge in [0.2, 0.25) is 0 Å². The maximum Gasteiger partial charge on any atom is 0.258 e. The van der Waals surface area contributed by atoms with Crippen molar-refractivity contribution < 1.29 is 4.79 Å². The third-order valence-electron chi connectivity index (χ3n) is 1.97. The van der Waals surface area contributed by atoms with Gasteiger partial charge in [-0.15, -0.1) is 0 Å². The Hall–Kier alpha value is -1.43. The van der Waals surface area contributed by atoms with Crippen LogP contribution >= 0.6 is 0 Å². The van der Waals surface area contributed by atoms with E-state index in [1.54, 1.807) is 6.92 Å². The van der Waals surface area contributed by atoms with Crippen LogP contribution in [0.4, 0.5) is 0 Å². The molecule has 0 aromatic rings. The summed E-state index contributed by atoms with van der Waals surface area (Å²) in [5.41, 5.74) is 4.53. The van der Waals surface area contributed by atoms with Crippen LogP contribution in [0.15, 0.2) is 9.98 Å². The minimum absolute atomic E-state index is 0.221. The van der Waals surface area contributed by atoms with E-state index in [9.17, 15) is 4.79 Å². The fourth-order valence-electron chi connectivity index (χ4n) is 1.20. The Morgan fingerprint density at radius 1 is 1.75 bits per heavy atom. The fourth-order valence-corrected chi connectivity index (χ4v) is 1.20. The Morgan fingerprint density at radius 2 is 2.50 bits per heavy atom. The monoisotopic (exact) mass is 167 g/mol. The van der Waals surface area contributed by atoms with E-state index in [1.807, 2.05) is 0 Å². The van der Waals surface area contributed by atoms with E-state index in [-0.39, 0.29) is 5.91 Å². The number of nitrogens with zero attached hydrogens (tertiary/aromatic N) is 2. The highest BCUT2D eigenvalue weighted by Gasteiger charge is 2.44. The van der Waals surface area contributed by atoms with E-state index in [2.05, 4.69) is 20.6 Å². The van der Waals surface area contributed by atoms with Crippen molar-refractivity contribution in [2.45, 2.75) is 18.8 Å². The number of nitrogens with one attached hydrogen (secondary N) is 2. The van der Waals surface area contributed by atoms with Gasteiger partial charge in [-0.3, -0.25) is 15.5 Å². The maximum atomic E-state index is 11.4. The molecule has 2 aliphatic rings. The van der Waals surface area contributed by atoms with Crippen molar-refractivity contribution in [2.24, 2.45) is 15.7 Å². The number of amidine groups is 1. The molecule has 0 aliphatic carbocycles. The molecule has 6 heteroatoms. The summed E-state index contributed by atoms with van der Waals surface area (Å²) in [7, 11) is 0. The van der Waals surface area contributed by atoms with E-state index in [0.29, 0.717) is 5.84 Å². The van der Waals surface area contributed by atoms with Gasteiger partial charge in [0.05, 0.1) is 6.34 Å². The molecule has 2 unspecified atom stereocenters. The maximum absolute atomic E-state index is 11.4. The number of carbonyl (C=O) groups excluding carboxylic acids is 1. The second-order valence-electron chi connectivity index (χ2n) is 2.87. The average molecular weight is 167 g/mol. The summed E-state index contributed by atoms with van der Waals surface area (Å²) < 4.78 is 0. The first-order chi connectivity index (χ1) is 5.63. The lowest BCUT2D eigenvalue weighted by molar-refractivity contribution is -0.124.